The molecular formula is C20H11F8N3O3. The average Bonchev–Trinajstić information content (AvgIpc) is 2.72. The van der Waals surface area contributed by atoms with Gasteiger partial charge in [0.2, 0.25) is 0 Å². The lowest BCUT2D eigenvalue weighted by Crippen LogP contribution is -2.32. The van der Waals surface area contributed by atoms with E-state index in [1.54, 1.807) is 4.98 Å². The molecule has 6 nitrogen and oxygen atoms in total. The van der Waals surface area contributed by atoms with Crippen LogP contribution in [0.4, 0.5) is 35.1 Å². The summed E-state index contributed by atoms with van der Waals surface area (Å²) < 4.78 is 108. The molecule has 0 radical (unpaired) electrons. The lowest BCUT2D eigenvalue weighted by molar-refractivity contribution is -0.275. The van der Waals surface area contributed by atoms with Crippen LogP contribution in [0.15, 0.2) is 53.6 Å². The monoisotopic (exact) mass is 493 g/mol. The van der Waals surface area contributed by atoms with Gasteiger partial charge in [-0.25, -0.2) is 8.78 Å². The smallest absolute Gasteiger partial charge is 0.403 e. The molecule has 0 aliphatic heterocycles. The summed E-state index contributed by atoms with van der Waals surface area (Å²) in [7, 11) is 0. The first-order valence-corrected chi connectivity index (χ1v) is 9.02. The van der Waals surface area contributed by atoms with Gasteiger partial charge in [0.25, 0.3) is 11.5 Å². The van der Waals surface area contributed by atoms with Crippen molar-refractivity contribution in [2.75, 3.05) is 0 Å². The lowest BCUT2D eigenvalue weighted by Gasteiger charge is -2.20. The van der Waals surface area contributed by atoms with Crippen molar-refractivity contribution in [2.45, 2.75) is 18.6 Å². The van der Waals surface area contributed by atoms with Crippen LogP contribution in [-0.2, 0) is 6.18 Å². The molecule has 0 aliphatic carbocycles. The predicted molar refractivity (Wildman–Crippen MR) is 98.7 cm³/mol. The molecule has 1 aromatic carbocycles. The fourth-order valence-electron chi connectivity index (χ4n) is 2.86. The van der Waals surface area contributed by atoms with Gasteiger partial charge in [0.05, 0.1) is 11.6 Å². The number of ether oxygens (including phenoxy) is 1. The van der Waals surface area contributed by atoms with Gasteiger partial charge in [-0.3, -0.25) is 14.6 Å². The second kappa shape index (κ2) is 9.11. The first kappa shape index (κ1) is 24.7. The Morgan fingerprint density at radius 3 is 2.32 bits per heavy atom. The van der Waals surface area contributed by atoms with Crippen molar-refractivity contribution in [2.24, 2.45) is 0 Å². The third-order valence-corrected chi connectivity index (χ3v) is 4.32. The van der Waals surface area contributed by atoms with Crippen LogP contribution in [0.1, 0.15) is 33.2 Å². The average molecular weight is 493 g/mol. The topological polar surface area (TPSA) is 84.1 Å². The Kier molecular flexibility index (Phi) is 6.61. The van der Waals surface area contributed by atoms with Crippen LogP contribution in [0.5, 0.6) is 5.75 Å². The molecule has 34 heavy (non-hydrogen) atoms. The minimum Gasteiger partial charge on any atom is -0.403 e. The number of amides is 1. The summed E-state index contributed by atoms with van der Waals surface area (Å²) in [5.74, 6) is -5.00. The summed E-state index contributed by atoms with van der Waals surface area (Å²) in [4.78, 5) is 29.5. The van der Waals surface area contributed by atoms with Crippen molar-refractivity contribution < 1.29 is 44.7 Å². The van der Waals surface area contributed by atoms with Gasteiger partial charge in [-0.15, -0.1) is 13.2 Å². The maximum absolute atomic E-state index is 14.4. The maximum Gasteiger partial charge on any atom is 0.573 e. The summed E-state index contributed by atoms with van der Waals surface area (Å²) in [5, 5.41) is 2.14. The molecule has 1 unspecified atom stereocenters. The van der Waals surface area contributed by atoms with Crippen molar-refractivity contribution in [1.82, 2.24) is 15.3 Å². The normalized spacial score (nSPS) is 12.8. The van der Waals surface area contributed by atoms with Crippen LogP contribution < -0.4 is 15.6 Å². The summed E-state index contributed by atoms with van der Waals surface area (Å²) >= 11 is 0. The Balaban J connectivity index is 2.02. The number of halogens is 8. The number of benzene rings is 1. The molecule has 180 valence electrons. The molecule has 14 heteroatoms. The number of carbonyl (C=O) groups is 1. The molecule has 2 N–H and O–H groups in total. The van der Waals surface area contributed by atoms with Gasteiger partial charge in [-0.2, -0.15) is 13.2 Å². The molecule has 0 saturated carbocycles. The van der Waals surface area contributed by atoms with Crippen molar-refractivity contribution >= 4 is 5.91 Å². The quantitative estimate of drug-likeness (QED) is 0.514. The summed E-state index contributed by atoms with van der Waals surface area (Å²) in [6.45, 7) is 0. The number of rotatable bonds is 5. The Morgan fingerprint density at radius 1 is 1.03 bits per heavy atom. The number of carbonyl (C=O) groups excluding carboxylic acids is 1. The molecule has 0 spiro atoms. The molecule has 0 aliphatic rings. The van der Waals surface area contributed by atoms with E-state index in [0.717, 1.165) is 18.3 Å². The van der Waals surface area contributed by atoms with Gasteiger partial charge < -0.3 is 15.0 Å². The van der Waals surface area contributed by atoms with Crippen molar-refractivity contribution in [3.05, 3.63) is 93.2 Å². The number of pyridine rings is 2. The van der Waals surface area contributed by atoms with Crippen LogP contribution in [0.25, 0.3) is 0 Å². The van der Waals surface area contributed by atoms with Crippen LogP contribution in [-0.4, -0.2) is 22.2 Å². The van der Waals surface area contributed by atoms with Crippen LogP contribution >= 0.6 is 0 Å². The number of aromatic amines is 1. The van der Waals surface area contributed by atoms with Crippen LogP contribution in [0, 0.1) is 11.6 Å². The Bertz CT molecular complexity index is 1270. The summed E-state index contributed by atoms with van der Waals surface area (Å²) in [6.07, 6.45) is -8.53. The van der Waals surface area contributed by atoms with E-state index in [1.165, 1.54) is 6.07 Å². The molecule has 2 heterocycles. The molecular weight excluding hydrogens is 482 g/mol. The fourth-order valence-corrected chi connectivity index (χ4v) is 2.86. The molecule has 0 saturated heterocycles. The minimum absolute atomic E-state index is 0.251. The number of nitrogens with zero attached hydrogens (tertiary/aromatic N) is 1. The van der Waals surface area contributed by atoms with E-state index < -0.39 is 64.3 Å². The van der Waals surface area contributed by atoms with E-state index in [4.69, 9.17) is 0 Å². The molecule has 3 aromatic rings. The highest BCUT2D eigenvalue weighted by atomic mass is 19.4. The molecule has 0 fully saturated rings. The van der Waals surface area contributed by atoms with Gasteiger partial charge in [0.15, 0.2) is 11.6 Å². The predicted octanol–water partition coefficient (Wildman–Crippen LogP) is 4.48. The van der Waals surface area contributed by atoms with E-state index in [-0.39, 0.29) is 11.6 Å². The number of nitrogens with one attached hydrogen (secondary N) is 2. The highest BCUT2D eigenvalue weighted by Crippen LogP contribution is 2.31. The third kappa shape index (κ3) is 5.68. The van der Waals surface area contributed by atoms with E-state index in [1.807, 2.05) is 0 Å². The van der Waals surface area contributed by atoms with Crippen LogP contribution in [0.3, 0.4) is 0 Å². The van der Waals surface area contributed by atoms with E-state index in [9.17, 15) is 44.7 Å². The van der Waals surface area contributed by atoms with Crippen molar-refractivity contribution in [1.29, 1.82) is 0 Å². The zero-order valence-corrected chi connectivity index (χ0v) is 16.4. The van der Waals surface area contributed by atoms with Crippen molar-refractivity contribution in [3.63, 3.8) is 0 Å². The summed E-state index contributed by atoms with van der Waals surface area (Å²) in [5.41, 5.74) is -4.71. The third-order valence-electron chi connectivity index (χ3n) is 4.32. The number of hydrogen-bond donors (Lipinski definition) is 2. The molecule has 2 aromatic heterocycles. The second-order valence-electron chi connectivity index (χ2n) is 6.64. The zero-order chi connectivity index (χ0) is 25.3. The van der Waals surface area contributed by atoms with Crippen LogP contribution in [0.2, 0.25) is 0 Å². The van der Waals surface area contributed by atoms with Gasteiger partial charge in [0.1, 0.15) is 17.1 Å². The summed E-state index contributed by atoms with van der Waals surface area (Å²) in [6, 6.07) is 2.65. The second-order valence-corrected chi connectivity index (χ2v) is 6.64. The highest BCUT2D eigenvalue weighted by molar-refractivity contribution is 5.94. The molecule has 1 amide bonds. The highest BCUT2D eigenvalue weighted by Gasteiger charge is 2.35. The maximum atomic E-state index is 14.4. The fraction of sp³-hybridized carbons (Fsp3) is 0.150. The van der Waals surface area contributed by atoms with Gasteiger partial charge >= 0.3 is 12.5 Å². The first-order valence-electron chi connectivity index (χ1n) is 9.02. The lowest BCUT2D eigenvalue weighted by atomic mass is 10.0. The molecule has 3 rings (SSSR count). The minimum atomic E-state index is -5.20. The Hall–Kier alpha value is -3.97. The number of H-pyrrole nitrogens is 1. The largest absolute Gasteiger partial charge is 0.573 e. The van der Waals surface area contributed by atoms with E-state index in [0.29, 0.717) is 18.3 Å². The molecule has 1 atom stereocenters. The van der Waals surface area contributed by atoms with Gasteiger partial charge in [-0.1, -0.05) is 6.07 Å². The standard InChI is InChI=1S/C20H11F8N3O3/c21-12-2-1-5-29-16(12)15(9-3-4-14(13(22)7-9)34-20(26,27)28)31-17(32)10-6-11(19(23,24)25)18(33)30-8-10/h1-8,15H,(H,30,33)(H,31,32). The Morgan fingerprint density at radius 2 is 1.74 bits per heavy atom. The molecule has 0 bridgehead atoms. The van der Waals surface area contributed by atoms with E-state index >= 15 is 0 Å². The Labute approximate surface area is 184 Å². The SMILES string of the molecule is O=C(NC(c1ccc(OC(F)(F)F)c(F)c1)c1ncccc1F)c1c[nH]c(=O)c(C(F)(F)F)c1. The first-order chi connectivity index (χ1) is 15.8. The van der Waals surface area contributed by atoms with E-state index in [2.05, 4.69) is 15.0 Å². The number of hydrogen-bond acceptors (Lipinski definition) is 4. The number of aromatic nitrogens is 2. The van der Waals surface area contributed by atoms with Gasteiger partial charge in [0, 0.05) is 12.4 Å². The zero-order valence-electron chi connectivity index (χ0n) is 16.4. The number of alkyl halides is 6. The van der Waals surface area contributed by atoms with Gasteiger partial charge in [-0.05, 0) is 35.9 Å². The van der Waals surface area contributed by atoms with Crippen molar-refractivity contribution in [3.8, 4) is 5.75 Å².